The first-order chi connectivity index (χ1) is 14.3. The van der Waals surface area contributed by atoms with E-state index in [1.165, 1.54) is 12.1 Å². The Morgan fingerprint density at radius 2 is 1.57 bits per heavy atom. The van der Waals surface area contributed by atoms with Crippen LogP contribution in [-0.4, -0.2) is 4.57 Å². The molecule has 30 heavy (non-hydrogen) atoms. The topological polar surface area (TPSA) is 18.3 Å². The second-order valence-corrected chi connectivity index (χ2v) is 7.29. The molecular formula is C24H22F3N2O+. The highest BCUT2D eigenvalue weighted by Crippen LogP contribution is 2.29. The number of alkyl halides is 3. The molecule has 6 heteroatoms. The van der Waals surface area contributed by atoms with Crippen LogP contribution in [0.3, 0.4) is 0 Å². The second kappa shape index (κ2) is 7.86. The molecule has 4 aromatic rings. The highest BCUT2D eigenvalue weighted by Gasteiger charge is 2.30. The van der Waals surface area contributed by atoms with E-state index in [2.05, 4.69) is 8.97 Å². The number of benzene rings is 2. The van der Waals surface area contributed by atoms with Gasteiger partial charge < -0.3 is 4.74 Å². The number of nitrogens with zero attached hydrogens (tertiary/aromatic N) is 2. The maximum Gasteiger partial charge on any atom is 0.416 e. The monoisotopic (exact) mass is 411 g/mol. The standard InChI is InChI=1S/C24H22F3N2O/c1-17-18(2)29(15-19-10-12-21(13-11-19)24(25,26)27)23-22(9-6-14-28(17)23)30-16-20-7-4-3-5-8-20/h3-14H,15-16H2,1-2H3/q+1. The Balaban J connectivity index is 1.69. The Bertz CT molecular complexity index is 1160. The van der Waals surface area contributed by atoms with Crippen LogP contribution in [0.15, 0.2) is 72.9 Å². The minimum absolute atomic E-state index is 0.435. The summed E-state index contributed by atoms with van der Waals surface area (Å²) < 4.78 is 48.9. The third kappa shape index (κ3) is 3.90. The molecule has 0 N–H and O–H groups in total. The average Bonchev–Trinajstić information content (AvgIpc) is 2.98. The van der Waals surface area contributed by atoms with Crippen LogP contribution in [0.4, 0.5) is 13.2 Å². The molecule has 4 rings (SSSR count). The van der Waals surface area contributed by atoms with Crippen molar-refractivity contribution in [3.8, 4) is 5.75 Å². The van der Waals surface area contributed by atoms with Gasteiger partial charge in [0.25, 0.3) is 0 Å². The zero-order valence-electron chi connectivity index (χ0n) is 16.8. The number of imidazole rings is 1. The van der Waals surface area contributed by atoms with Gasteiger partial charge in [-0.1, -0.05) is 42.5 Å². The molecule has 3 nitrogen and oxygen atoms in total. The average molecular weight is 411 g/mol. The van der Waals surface area contributed by atoms with Crippen molar-refractivity contribution in [1.29, 1.82) is 0 Å². The Labute approximate surface area is 173 Å². The maximum absolute atomic E-state index is 12.9. The number of hydrogen-bond acceptors (Lipinski definition) is 1. The third-order valence-corrected chi connectivity index (χ3v) is 5.34. The Morgan fingerprint density at radius 1 is 0.867 bits per heavy atom. The molecule has 0 atom stereocenters. The first kappa shape index (κ1) is 20.0. The van der Waals surface area contributed by atoms with E-state index in [0.717, 1.165) is 46.0 Å². The zero-order valence-corrected chi connectivity index (χ0v) is 16.8. The molecule has 0 radical (unpaired) electrons. The van der Waals surface area contributed by atoms with Crippen LogP contribution in [0.25, 0.3) is 5.65 Å². The molecule has 0 fully saturated rings. The van der Waals surface area contributed by atoms with E-state index in [1.54, 1.807) is 0 Å². The van der Waals surface area contributed by atoms with Crippen molar-refractivity contribution in [3.05, 3.63) is 101 Å². The lowest BCUT2D eigenvalue weighted by atomic mass is 10.1. The van der Waals surface area contributed by atoms with Gasteiger partial charge >= 0.3 is 11.8 Å². The van der Waals surface area contributed by atoms with Gasteiger partial charge in [0.2, 0.25) is 5.75 Å². The Morgan fingerprint density at radius 3 is 2.23 bits per heavy atom. The molecule has 2 aromatic heterocycles. The molecule has 0 amide bonds. The quantitative estimate of drug-likeness (QED) is 0.397. The SMILES string of the molecule is Cc1c(C)[n+]2cccc(OCc3ccccc3)c2n1Cc1ccc(C(F)(F)F)cc1. The number of halogens is 3. The van der Waals surface area contributed by atoms with Crippen molar-refractivity contribution >= 4 is 5.65 Å². The first-order valence-corrected chi connectivity index (χ1v) is 9.67. The third-order valence-electron chi connectivity index (χ3n) is 5.34. The summed E-state index contributed by atoms with van der Waals surface area (Å²) >= 11 is 0. The van der Waals surface area contributed by atoms with Crippen molar-refractivity contribution in [1.82, 2.24) is 4.57 Å². The van der Waals surface area contributed by atoms with Crippen LogP contribution in [0.2, 0.25) is 0 Å². The number of aryl methyl sites for hydroxylation is 1. The lowest BCUT2D eigenvalue weighted by Gasteiger charge is -2.09. The van der Waals surface area contributed by atoms with Gasteiger partial charge in [-0.15, -0.1) is 0 Å². The molecule has 2 heterocycles. The molecule has 0 aliphatic carbocycles. The van der Waals surface area contributed by atoms with Crippen molar-refractivity contribution in [2.75, 3.05) is 0 Å². The number of fused-ring (bicyclic) bond motifs is 1. The molecule has 154 valence electrons. The molecule has 0 spiro atoms. The van der Waals surface area contributed by atoms with Gasteiger partial charge in [0, 0.05) is 13.8 Å². The molecule has 0 saturated carbocycles. The number of pyridine rings is 1. The fraction of sp³-hybridized carbons (Fsp3) is 0.208. The van der Waals surface area contributed by atoms with Gasteiger partial charge in [-0.2, -0.15) is 17.6 Å². The van der Waals surface area contributed by atoms with E-state index in [9.17, 15) is 13.2 Å². The molecule has 2 aromatic carbocycles. The highest BCUT2D eigenvalue weighted by molar-refractivity contribution is 5.51. The van der Waals surface area contributed by atoms with Gasteiger partial charge in [0.05, 0.1) is 11.8 Å². The predicted molar refractivity (Wildman–Crippen MR) is 108 cm³/mol. The second-order valence-electron chi connectivity index (χ2n) is 7.29. The molecule has 0 unspecified atom stereocenters. The van der Waals surface area contributed by atoms with Crippen molar-refractivity contribution in [3.63, 3.8) is 0 Å². The Kier molecular flexibility index (Phi) is 5.24. The molecular weight excluding hydrogens is 389 g/mol. The number of ether oxygens (including phenoxy) is 1. The van der Waals surface area contributed by atoms with Gasteiger partial charge in [-0.05, 0) is 35.4 Å². The van der Waals surface area contributed by atoms with Crippen molar-refractivity contribution < 1.29 is 22.3 Å². The summed E-state index contributed by atoms with van der Waals surface area (Å²) in [6, 6.07) is 19.1. The summed E-state index contributed by atoms with van der Waals surface area (Å²) in [6.07, 6.45) is -2.37. The van der Waals surface area contributed by atoms with Gasteiger partial charge in [0.1, 0.15) is 24.5 Å². The van der Waals surface area contributed by atoms with Gasteiger partial charge in [-0.3, -0.25) is 0 Å². The normalized spacial score (nSPS) is 11.8. The minimum atomic E-state index is -4.33. The van der Waals surface area contributed by atoms with E-state index in [0.29, 0.717) is 13.2 Å². The summed E-state index contributed by atoms with van der Waals surface area (Å²) in [6.45, 7) is 4.91. The number of aromatic nitrogens is 2. The molecule has 0 aliphatic rings. The zero-order chi connectivity index (χ0) is 21.3. The number of rotatable bonds is 5. The molecule has 0 bridgehead atoms. The largest absolute Gasteiger partial charge is 0.481 e. The highest BCUT2D eigenvalue weighted by atomic mass is 19.4. The van der Waals surface area contributed by atoms with E-state index < -0.39 is 11.7 Å². The van der Waals surface area contributed by atoms with E-state index in [-0.39, 0.29) is 0 Å². The maximum atomic E-state index is 12.9. The number of hydrogen-bond donors (Lipinski definition) is 0. The summed E-state index contributed by atoms with van der Waals surface area (Å²) in [5.41, 5.74) is 4.18. The van der Waals surface area contributed by atoms with Crippen molar-refractivity contribution in [2.24, 2.45) is 0 Å². The lowest BCUT2D eigenvalue weighted by Crippen LogP contribution is -2.23. The van der Waals surface area contributed by atoms with E-state index >= 15 is 0 Å². The van der Waals surface area contributed by atoms with Crippen LogP contribution < -0.4 is 9.14 Å². The van der Waals surface area contributed by atoms with Crippen LogP contribution >= 0.6 is 0 Å². The fourth-order valence-corrected chi connectivity index (χ4v) is 3.57. The van der Waals surface area contributed by atoms with E-state index in [1.807, 2.05) is 62.5 Å². The first-order valence-electron chi connectivity index (χ1n) is 9.67. The van der Waals surface area contributed by atoms with Crippen LogP contribution in [0.5, 0.6) is 5.75 Å². The summed E-state index contributed by atoms with van der Waals surface area (Å²) in [5.74, 6) is 0.726. The Hall–Kier alpha value is -3.28. The van der Waals surface area contributed by atoms with Gasteiger partial charge in [0.15, 0.2) is 0 Å². The van der Waals surface area contributed by atoms with Crippen LogP contribution in [0.1, 0.15) is 28.1 Å². The van der Waals surface area contributed by atoms with Crippen LogP contribution in [0, 0.1) is 13.8 Å². The van der Waals surface area contributed by atoms with Crippen LogP contribution in [-0.2, 0) is 19.3 Å². The molecule has 0 aliphatic heterocycles. The van der Waals surface area contributed by atoms with E-state index in [4.69, 9.17) is 4.74 Å². The fourth-order valence-electron chi connectivity index (χ4n) is 3.57. The summed E-state index contributed by atoms with van der Waals surface area (Å²) in [5, 5.41) is 0. The molecule has 0 saturated heterocycles. The van der Waals surface area contributed by atoms with Crippen molar-refractivity contribution in [2.45, 2.75) is 33.2 Å². The lowest BCUT2D eigenvalue weighted by molar-refractivity contribution is -0.519. The minimum Gasteiger partial charge on any atom is -0.481 e. The summed E-state index contributed by atoms with van der Waals surface area (Å²) in [7, 11) is 0. The smallest absolute Gasteiger partial charge is 0.416 e. The predicted octanol–water partition coefficient (Wildman–Crippen LogP) is 5.49. The van der Waals surface area contributed by atoms with Gasteiger partial charge in [-0.25, -0.2) is 4.57 Å². The summed E-state index contributed by atoms with van der Waals surface area (Å²) in [4.78, 5) is 0.